The molecule has 0 aliphatic heterocycles. The first-order valence-electron chi connectivity index (χ1n) is 6.66. The minimum absolute atomic E-state index is 0.214. The van der Waals surface area contributed by atoms with Crippen LogP contribution < -0.4 is 0 Å². The highest BCUT2D eigenvalue weighted by Gasteiger charge is 2.43. The first-order valence-corrected chi connectivity index (χ1v) is 6.66. The molecule has 0 radical (unpaired) electrons. The van der Waals surface area contributed by atoms with Crippen LogP contribution in [0, 0.1) is 16.2 Å². The van der Waals surface area contributed by atoms with Gasteiger partial charge in [-0.25, -0.2) is 4.39 Å². The average Bonchev–Trinajstić information content (AvgIpc) is 2.16. The van der Waals surface area contributed by atoms with Crippen molar-refractivity contribution < 1.29 is 4.39 Å². The maximum absolute atomic E-state index is 13.6. The maximum atomic E-state index is 13.6. The summed E-state index contributed by atoms with van der Waals surface area (Å²) >= 11 is 0. The van der Waals surface area contributed by atoms with Crippen molar-refractivity contribution >= 4 is 0 Å². The maximum Gasteiger partial charge on any atom is 0.102 e. The lowest BCUT2D eigenvalue weighted by Gasteiger charge is -2.48. The number of alkyl halides is 1. The van der Waals surface area contributed by atoms with Crippen molar-refractivity contribution in [2.75, 3.05) is 0 Å². The lowest BCUT2D eigenvalue weighted by molar-refractivity contribution is 0.000688. The molecule has 16 heavy (non-hydrogen) atoms. The molecule has 0 bridgehead atoms. The van der Waals surface area contributed by atoms with Gasteiger partial charge in [0.05, 0.1) is 0 Å². The highest BCUT2D eigenvalue weighted by molar-refractivity contribution is 4.93. The summed E-state index contributed by atoms with van der Waals surface area (Å²) in [6, 6.07) is 0. The second-order valence-electron chi connectivity index (χ2n) is 6.93. The number of halogens is 1. The predicted molar refractivity (Wildman–Crippen MR) is 71.4 cm³/mol. The standard InChI is InChI=1S/C15H31F/c1-9-14(6,7)15(8,10-2)11-13(4,5)12(3)16/h12H,9-11H2,1-8H3. The van der Waals surface area contributed by atoms with Crippen LogP contribution in [-0.2, 0) is 0 Å². The Morgan fingerprint density at radius 2 is 1.38 bits per heavy atom. The molecule has 0 rings (SSSR count). The Labute approximate surface area is 102 Å². The fraction of sp³-hybridized carbons (Fsp3) is 1.00. The van der Waals surface area contributed by atoms with Gasteiger partial charge in [-0.15, -0.1) is 0 Å². The van der Waals surface area contributed by atoms with Gasteiger partial charge in [0.1, 0.15) is 6.17 Å². The van der Waals surface area contributed by atoms with Gasteiger partial charge in [-0.3, -0.25) is 0 Å². The summed E-state index contributed by atoms with van der Waals surface area (Å²) in [5.41, 5.74) is 0.261. The summed E-state index contributed by atoms with van der Waals surface area (Å²) in [6.45, 7) is 17.2. The summed E-state index contributed by atoms with van der Waals surface area (Å²) in [4.78, 5) is 0. The van der Waals surface area contributed by atoms with Gasteiger partial charge in [-0.05, 0) is 29.6 Å². The first-order chi connectivity index (χ1) is 7.02. The van der Waals surface area contributed by atoms with Crippen LogP contribution in [0.5, 0.6) is 0 Å². The third kappa shape index (κ3) is 3.21. The summed E-state index contributed by atoms with van der Waals surface area (Å²) in [5, 5.41) is 0. The molecule has 0 aliphatic rings. The second-order valence-corrected chi connectivity index (χ2v) is 6.93. The Morgan fingerprint density at radius 1 is 0.938 bits per heavy atom. The second kappa shape index (κ2) is 5.06. The SMILES string of the molecule is CCC(C)(C)C(C)(CC)CC(C)(C)C(C)F. The highest BCUT2D eigenvalue weighted by atomic mass is 19.1. The zero-order valence-electron chi connectivity index (χ0n) is 12.6. The molecule has 0 aromatic rings. The van der Waals surface area contributed by atoms with Gasteiger partial charge in [0.15, 0.2) is 0 Å². The van der Waals surface area contributed by atoms with E-state index in [4.69, 9.17) is 0 Å². The van der Waals surface area contributed by atoms with E-state index in [9.17, 15) is 4.39 Å². The van der Waals surface area contributed by atoms with Crippen molar-refractivity contribution in [3.05, 3.63) is 0 Å². The molecule has 0 aromatic carbocycles. The molecule has 0 saturated carbocycles. The quantitative estimate of drug-likeness (QED) is 0.556. The van der Waals surface area contributed by atoms with Gasteiger partial charge in [0, 0.05) is 0 Å². The van der Waals surface area contributed by atoms with Crippen LogP contribution >= 0.6 is 0 Å². The summed E-state index contributed by atoms with van der Waals surface area (Å²) in [5.74, 6) is 0. The van der Waals surface area contributed by atoms with Crippen molar-refractivity contribution in [2.45, 2.75) is 80.8 Å². The lowest BCUT2D eigenvalue weighted by Crippen LogP contribution is -2.40. The number of hydrogen-bond acceptors (Lipinski definition) is 0. The van der Waals surface area contributed by atoms with E-state index in [2.05, 4.69) is 48.5 Å². The smallest absolute Gasteiger partial charge is 0.102 e. The van der Waals surface area contributed by atoms with Gasteiger partial charge < -0.3 is 0 Å². The zero-order valence-corrected chi connectivity index (χ0v) is 12.6. The Morgan fingerprint density at radius 3 is 1.62 bits per heavy atom. The monoisotopic (exact) mass is 230 g/mol. The van der Waals surface area contributed by atoms with Gasteiger partial charge in [0.2, 0.25) is 0 Å². The van der Waals surface area contributed by atoms with Crippen LogP contribution in [0.15, 0.2) is 0 Å². The van der Waals surface area contributed by atoms with Crippen LogP contribution in [0.1, 0.15) is 74.7 Å². The fourth-order valence-corrected chi connectivity index (χ4v) is 2.42. The van der Waals surface area contributed by atoms with Crippen molar-refractivity contribution in [2.24, 2.45) is 16.2 Å². The van der Waals surface area contributed by atoms with Crippen molar-refractivity contribution in [1.82, 2.24) is 0 Å². The van der Waals surface area contributed by atoms with Crippen LogP contribution in [0.2, 0.25) is 0 Å². The zero-order chi connectivity index (χ0) is 13.2. The molecule has 0 amide bonds. The molecule has 0 nitrogen and oxygen atoms in total. The summed E-state index contributed by atoms with van der Waals surface area (Å²) < 4.78 is 13.6. The Kier molecular flexibility index (Phi) is 5.04. The Bertz CT molecular complexity index is 215. The van der Waals surface area contributed by atoms with Crippen molar-refractivity contribution in [3.63, 3.8) is 0 Å². The van der Waals surface area contributed by atoms with Crippen molar-refractivity contribution in [3.8, 4) is 0 Å². The van der Waals surface area contributed by atoms with Crippen LogP contribution in [-0.4, -0.2) is 6.17 Å². The molecule has 2 unspecified atom stereocenters. The molecule has 1 heteroatoms. The summed E-state index contributed by atoms with van der Waals surface area (Å²) in [7, 11) is 0. The molecular weight excluding hydrogens is 199 g/mol. The largest absolute Gasteiger partial charge is 0.247 e. The molecule has 0 heterocycles. The van der Waals surface area contributed by atoms with Crippen LogP contribution in [0.25, 0.3) is 0 Å². The molecule has 98 valence electrons. The van der Waals surface area contributed by atoms with Gasteiger partial charge >= 0.3 is 0 Å². The van der Waals surface area contributed by atoms with Crippen molar-refractivity contribution in [1.29, 1.82) is 0 Å². The third-order valence-corrected chi connectivity index (χ3v) is 5.22. The topological polar surface area (TPSA) is 0 Å². The van der Waals surface area contributed by atoms with E-state index in [0.717, 1.165) is 19.3 Å². The highest BCUT2D eigenvalue weighted by Crippen LogP contribution is 2.51. The lowest BCUT2D eigenvalue weighted by atomic mass is 9.57. The average molecular weight is 230 g/mol. The van der Waals surface area contributed by atoms with E-state index < -0.39 is 6.17 Å². The Balaban J connectivity index is 5.01. The van der Waals surface area contributed by atoms with E-state index >= 15 is 0 Å². The van der Waals surface area contributed by atoms with Crippen LogP contribution in [0.4, 0.5) is 4.39 Å². The van der Waals surface area contributed by atoms with E-state index in [1.165, 1.54) is 0 Å². The van der Waals surface area contributed by atoms with E-state index in [0.29, 0.717) is 0 Å². The first kappa shape index (κ1) is 15.9. The molecule has 0 aromatic heterocycles. The third-order valence-electron chi connectivity index (χ3n) is 5.22. The van der Waals surface area contributed by atoms with E-state index in [1.54, 1.807) is 6.92 Å². The minimum Gasteiger partial charge on any atom is -0.247 e. The molecule has 0 saturated heterocycles. The molecule has 0 fully saturated rings. The van der Waals surface area contributed by atoms with Gasteiger partial charge in [-0.1, -0.05) is 61.3 Å². The normalized spacial score (nSPS) is 19.3. The molecule has 0 N–H and O–H groups in total. The Hall–Kier alpha value is -0.0700. The van der Waals surface area contributed by atoms with Gasteiger partial charge in [-0.2, -0.15) is 0 Å². The fourth-order valence-electron chi connectivity index (χ4n) is 2.42. The predicted octanol–water partition coefficient (Wildman–Crippen LogP) is 5.61. The molecular formula is C15H31F. The molecule has 0 aliphatic carbocycles. The van der Waals surface area contributed by atoms with E-state index in [1.807, 2.05) is 0 Å². The number of hydrogen-bond donors (Lipinski definition) is 0. The molecule has 0 spiro atoms. The minimum atomic E-state index is -0.744. The van der Waals surface area contributed by atoms with Gasteiger partial charge in [0.25, 0.3) is 0 Å². The molecule has 2 atom stereocenters. The van der Waals surface area contributed by atoms with E-state index in [-0.39, 0.29) is 16.2 Å². The number of rotatable bonds is 6. The summed E-state index contributed by atoms with van der Waals surface area (Å²) in [6.07, 6.45) is 2.47. The van der Waals surface area contributed by atoms with Crippen LogP contribution in [0.3, 0.4) is 0 Å².